The molecule has 2 heterocycles. The van der Waals surface area contributed by atoms with Gasteiger partial charge in [0.15, 0.2) is 0 Å². The first-order valence-electron chi connectivity index (χ1n) is 10.8. The molecule has 33 heavy (non-hydrogen) atoms. The number of benzene rings is 2. The zero-order valence-electron chi connectivity index (χ0n) is 17.4. The summed E-state index contributed by atoms with van der Waals surface area (Å²) >= 11 is 3.46. The Labute approximate surface area is 199 Å². The van der Waals surface area contributed by atoms with Gasteiger partial charge in [0.1, 0.15) is 5.82 Å². The van der Waals surface area contributed by atoms with Crippen LogP contribution in [0, 0.1) is 17.7 Å². The van der Waals surface area contributed by atoms with Gasteiger partial charge in [0.05, 0.1) is 33.5 Å². The molecule has 1 N–H and O–H groups in total. The number of aliphatic hydroxyl groups is 1. The molecule has 6 rings (SSSR count). The van der Waals surface area contributed by atoms with Crippen molar-refractivity contribution in [2.45, 2.75) is 30.3 Å². The topological polar surface area (TPSA) is 72.2 Å². The van der Waals surface area contributed by atoms with Crippen LogP contribution in [-0.2, 0) is 16.3 Å². The first-order chi connectivity index (χ1) is 15.9. The average molecular weight is 527 g/mol. The number of nitrogens with zero attached hydrogens (tertiary/aromatic N) is 2. The summed E-state index contributed by atoms with van der Waals surface area (Å²) in [5.74, 6) is -0.453. The molecule has 3 atom stereocenters. The minimum atomic E-state index is -3.75. The molecule has 1 fully saturated rings. The summed E-state index contributed by atoms with van der Waals surface area (Å²) in [6.45, 7) is 0. The van der Waals surface area contributed by atoms with E-state index in [1.54, 1.807) is 41.1 Å². The van der Waals surface area contributed by atoms with Gasteiger partial charge in [-0.05, 0) is 89.0 Å². The standard InChI is InChI=1S/C25H20BrFN2O3S/c26-23-19-3-1-2-4-22(19)33(31,32)25(23)24(30)18-10-5-14-12-21-15(11-20(14)18)13-28-29(21)17-8-6-16(27)7-9-17/h1-4,6-9,12-13,18,20,24,30H,5,10-11H2/t18-,20?,24+/m0/s1. The molecule has 1 aromatic heterocycles. The van der Waals surface area contributed by atoms with E-state index in [0.29, 0.717) is 22.9 Å². The summed E-state index contributed by atoms with van der Waals surface area (Å²) < 4.78 is 42.1. The lowest BCUT2D eigenvalue weighted by Gasteiger charge is -2.28. The van der Waals surface area contributed by atoms with E-state index in [2.05, 4.69) is 27.1 Å². The molecule has 2 aliphatic carbocycles. The molecule has 1 unspecified atom stereocenters. The van der Waals surface area contributed by atoms with Gasteiger partial charge in [-0.1, -0.05) is 23.8 Å². The molecule has 3 aromatic rings. The van der Waals surface area contributed by atoms with E-state index >= 15 is 0 Å². The van der Waals surface area contributed by atoms with Crippen molar-refractivity contribution in [3.05, 3.63) is 87.8 Å². The highest BCUT2D eigenvalue weighted by Crippen LogP contribution is 2.51. The number of halogens is 2. The Bertz CT molecular complexity index is 1460. The zero-order chi connectivity index (χ0) is 22.9. The maximum atomic E-state index is 13.3. The summed E-state index contributed by atoms with van der Waals surface area (Å²) in [5, 5.41) is 15.9. The van der Waals surface area contributed by atoms with Crippen molar-refractivity contribution < 1.29 is 17.9 Å². The average Bonchev–Trinajstić information content (AvgIpc) is 3.46. The fraction of sp³-hybridized carbons (Fsp3) is 0.240. The van der Waals surface area contributed by atoms with Gasteiger partial charge < -0.3 is 5.11 Å². The third kappa shape index (κ3) is 3.11. The van der Waals surface area contributed by atoms with Crippen molar-refractivity contribution in [1.82, 2.24) is 9.78 Å². The number of fused-ring (bicyclic) bond motifs is 3. The van der Waals surface area contributed by atoms with Crippen LogP contribution < -0.4 is 0 Å². The fourth-order valence-electron chi connectivity index (χ4n) is 5.47. The van der Waals surface area contributed by atoms with Gasteiger partial charge in [-0.3, -0.25) is 0 Å². The monoisotopic (exact) mass is 526 g/mol. The van der Waals surface area contributed by atoms with Crippen LogP contribution in [0.2, 0.25) is 0 Å². The van der Waals surface area contributed by atoms with Gasteiger partial charge in [-0.2, -0.15) is 5.10 Å². The molecule has 1 saturated carbocycles. The minimum absolute atomic E-state index is 0.0464. The molecule has 0 bridgehead atoms. The van der Waals surface area contributed by atoms with Crippen molar-refractivity contribution in [3.63, 3.8) is 0 Å². The predicted molar refractivity (Wildman–Crippen MR) is 127 cm³/mol. The molecule has 2 aromatic carbocycles. The fourth-order valence-corrected chi connectivity index (χ4v) is 8.62. The van der Waals surface area contributed by atoms with Crippen LogP contribution in [0.15, 0.2) is 70.1 Å². The lowest BCUT2D eigenvalue weighted by Crippen LogP contribution is -2.30. The summed E-state index contributed by atoms with van der Waals surface area (Å²) in [5.41, 5.74) is 4.58. The molecule has 0 spiro atoms. The normalized spacial score (nSPS) is 23.7. The van der Waals surface area contributed by atoms with Crippen molar-refractivity contribution >= 4 is 36.3 Å². The highest BCUT2D eigenvalue weighted by Gasteiger charge is 2.46. The third-order valence-electron chi connectivity index (χ3n) is 7.07. The van der Waals surface area contributed by atoms with Gasteiger partial charge in [0.2, 0.25) is 9.84 Å². The summed E-state index contributed by atoms with van der Waals surface area (Å²) in [6, 6.07) is 13.1. The molecule has 0 saturated heterocycles. The molecule has 0 radical (unpaired) electrons. The minimum Gasteiger partial charge on any atom is -0.387 e. The molecular formula is C25H20BrFN2O3S. The van der Waals surface area contributed by atoms with E-state index < -0.39 is 15.9 Å². The summed E-state index contributed by atoms with van der Waals surface area (Å²) in [7, 11) is -3.75. The molecule has 8 heteroatoms. The second-order valence-corrected chi connectivity index (χ2v) is 11.5. The van der Waals surface area contributed by atoms with E-state index in [1.807, 2.05) is 6.20 Å². The van der Waals surface area contributed by atoms with E-state index in [9.17, 15) is 17.9 Å². The summed E-state index contributed by atoms with van der Waals surface area (Å²) in [6.07, 6.45) is 5.00. The van der Waals surface area contributed by atoms with E-state index in [-0.39, 0.29) is 27.5 Å². The van der Waals surface area contributed by atoms with E-state index in [4.69, 9.17) is 0 Å². The number of aromatic nitrogens is 2. The van der Waals surface area contributed by atoms with Crippen molar-refractivity contribution in [2.24, 2.45) is 11.8 Å². The Kier molecular flexibility index (Phi) is 4.76. The number of aliphatic hydroxyl groups excluding tert-OH is 1. The van der Waals surface area contributed by atoms with Crippen molar-refractivity contribution in [3.8, 4) is 5.69 Å². The number of hydrogen-bond donors (Lipinski definition) is 1. The van der Waals surface area contributed by atoms with Crippen LogP contribution in [0.1, 0.15) is 29.7 Å². The number of allylic oxidation sites excluding steroid dienone is 1. The first kappa shape index (κ1) is 21.0. The molecule has 1 aliphatic heterocycles. The SMILES string of the molecule is O=S1(=O)C([C@H](O)[C@H]2CCC3=Cc4c(cnn4-c4ccc(F)cc4)CC32)=C(Br)c2ccccc21. The molecule has 168 valence electrons. The van der Waals surface area contributed by atoms with Gasteiger partial charge in [-0.25, -0.2) is 17.5 Å². The molecular weight excluding hydrogens is 507 g/mol. The van der Waals surface area contributed by atoms with Crippen LogP contribution in [0.25, 0.3) is 16.2 Å². The van der Waals surface area contributed by atoms with Gasteiger partial charge in [0, 0.05) is 10.0 Å². The quantitative estimate of drug-likeness (QED) is 0.527. The molecule has 5 nitrogen and oxygen atoms in total. The Morgan fingerprint density at radius 3 is 2.67 bits per heavy atom. The highest BCUT2D eigenvalue weighted by atomic mass is 79.9. The lowest BCUT2D eigenvalue weighted by atomic mass is 9.81. The second-order valence-electron chi connectivity index (χ2n) is 8.80. The Morgan fingerprint density at radius 2 is 1.91 bits per heavy atom. The summed E-state index contributed by atoms with van der Waals surface area (Å²) in [4.78, 5) is 0.314. The van der Waals surface area contributed by atoms with Crippen molar-refractivity contribution in [2.75, 3.05) is 0 Å². The second kappa shape index (κ2) is 7.48. The predicted octanol–water partition coefficient (Wildman–Crippen LogP) is 4.89. The number of rotatable bonds is 3. The van der Waals surface area contributed by atoms with Crippen LogP contribution in [-0.4, -0.2) is 29.4 Å². The maximum Gasteiger partial charge on any atom is 0.207 e. The van der Waals surface area contributed by atoms with Gasteiger partial charge in [0.25, 0.3) is 0 Å². The Balaban J connectivity index is 1.34. The number of sulfone groups is 1. The zero-order valence-corrected chi connectivity index (χ0v) is 19.9. The van der Waals surface area contributed by atoms with Crippen LogP contribution in [0.5, 0.6) is 0 Å². The molecule has 3 aliphatic rings. The van der Waals surface area contributed by atoms with Crippen LogP contribution in [0.3, 0.4) is 0 Å². The largest absolute Gasteiger partial charge is 0.387 e. The highest BCUT2D eigenvalue weighted by molar-refractivity contribution is 9.15. The third-order valence-corrected chi connectivity index (χ3v) is 10.1. The Hall–Kier alpha value is -2.55. The van der Waals surface area contributed by atoms with Crippen LogP contribution in [0.4, 0.5) is 4.39 Å². The van der Waals surface area contributed by atoms with E-state index in [0.717, 1.165) is 23.4 Å². The lowest BCUT2D eigenvalue weighted by molar-refractivity contribution is 0.128. The first-order valence-corrected chi connectivity index (χ1v) is 13.1. The van der Waals surface area contributed by atoms with Gasteiger partial charge in [-0.15, -0.1) is 0 Å². The van der Waals surface area contributed by atoms with Crippen molar-refractivity contribution in [1.29, 1.82) is 0 Å². The van der Waals surface area contributed by atoms with Gasteiger partial charge >= 0.3 is 0 Å². The number of hydrogen-bond acceptors (Lipinski definition) is 4. The molecule has 0 amide bonds. The van der Waals surface area contributed by atoms with E-state index in [1.165, 1.54) is 17.7 Å². The smallest absolute Gasteiger partial charge is 0.207 e. The Morgan fingerprint density at radius 1 is 1.15 bits per heavy atom. The van der Waals surface area contributed by atoms with Crippen LogP contribution >= 0.6 is 15.9 Å². The maximum absolute atomic E-state index is 13.3.